The molecule has 21 heavy (non-hydrogen) atoms. The molecule has 120 valence electrons. The number of nitrogens with zero attached hydrogens (tertiary/aromatic N) is 4. The second kappa shape index (κ2) is 8.49. The van der Waals surface area contributed by atoms with Crippen molar-refractivity contribution < 1.29 is 5.11 Å². The maximum Gasteiger partial charge on any atom is 0.111 e. The van der Waals surface area contributed by atoms with Crippen LogP contribution in [0.2, 0.25) is 0 Å². The van der Waals surface area contributed by atoms with Gasteiger partial charge >= 0.3 is 0 Å². The minimum atomic E-state index is -0.524. The summed E-state index contributed by atoms with van der Waals surface area (Å²) in [6.07, 6.45) is 9.25. The number of rotatable bonds is 8. The van der Waals surface area contributed by atoms with E-state index in [9.17, 15) is 5.11 Å². The lowest BCUT2D eigenvalue weighted by Gasteiger charge is -2.31. The van der Waals surface area contributed by atoms with E-state index in [1.54, 1.807) is 6.92 Å². The van der Waals surface area contributed by atoms with Crippen molar-refractivity contribution in [2.45, 2.75) is 65.0 Å². The standard InChI is InChI=1S/C16H30N4O/c1-3-4-5-6-9-19-10-7-15(8-11-19)12-20-13-16(14(2)21)17-18-20/h13-15,21H,3-12H2,1-2H3/t14-/m0/s1. The highest BCUT2D eigenvalue weighted by Gasteiger charge is 2.20. The molecule has 1 fully saturated rings. The SMILES string of the molecule is CCCCCCN1CCC(Cn2cc([C@H](C)O)nn2)CC1. The Hall–Kier alpha value is -0.940. The van der Waals surface area contributed by atoms with Crippen molar-refractivity contribution in [2.24, 2.45) is 5.92 Å². The van der Waals surface area contributed by atoms with E-state index in [2.05, 4.69) is 22.1 Å². The van der Waals surface area contributed by atoms with Gasteiger partial charge in [-0.2, -0.15) is 0 Å². The molecule has 1 aromatic rings. The zero-order valence-electron chi connectivity index (χ0n) is 13.5. The van der Waals surface area contributed by atoms with E-state index < -0.39 is 6.10 Å². The molecule has 0 saturated carbocycles. The molecule has 1 saturated heterocycles. The van der Waals surface area contributed by atoms with Crippen LogP contribution in [0.15, 0.2) is 6.20 Å². The Balaban J connectivity index is 1.66. The molecule has 0 radical (unpaired) electrons. The van der Waals surface area contributed by atoms with Gasteiger partial charge in [0.2, 0.25) is 0 Å². The average Bonchev–Trinajstić information content (AvgIpc) is 2.94. The first-order valence-corrected chi connectivity index (χ1v) is 8.49. The number of aliphatic hydroxyl groups is 1. The van der Waals surface area contributed by atoms with Crippen LogP contribution in [0.4, 0.5) is 0 Å². The van der Waals surface area contributed by atoms with Crippen LogP contribution in [0.5, 0.6) is 0 Å². The van der Waals surface area contributed by atoms with Crippen molar-refractivity contribution in [2.75, 3.05) is 19.6 Å². The normalized spacial score (nSPS) is 19.0. The Bertz CT molecular complexity index is 397. The molecule has 2 rings (SSSR count). The summed E-state index contributed by atoms with van der Waals surface area (Å²) >= 11 is 0. The predicted molar refractivity (Wildman–Crippen MR) is 84.0 cm³/mol. The van der Waals surface area contributed by atoms with Crippen LogP contribution in [-0.4, -0.2) is 44.6 Å². The molecule has 0 bridgehead atoms. The van der Waals surface area contributed by atoms with E-state index in [0.717, 1.165) is 6.54 Å². The van der Waals surface area contributed by atoms with Crippen molar-refractivity contribution in [3.8, 4) is 0 Å². The van der Waals surface area contributed by atoms with Crippen molar-refractivity contribution in [3.63, 3.8) is 0 Å². The zero-order chi connectivity index (χ0) is 15.1. The Morgan fingerprint density at radius 1 is 1.29 bits per heavy atom. The van der Waals surface area contributed by atoms with Gasteiger partial charge in [0, 0.05) is 6.54 Å². The summed E-state index contributed by atoms with van der Waals surface area (Å²) in [7, 11) is 0. The van der Waals surface area contributed by atoms with Crippen LogP contribution < -0.4 is 0 Å². The van der Waals surface area contributed by atoms with Gasteiger partial charge in [-0.3, -0.25) is 4.68 Å². The lowest BCUT2D eigenvalue weighted by Crippen LogP contribution is -2.35. The smallest absolute Gasteiger partial charge is 0.111 e. The number of piperidine rings is 1. The highest BCUT2D eigenvalue weighted by Crippen LogP contribution is 2.20. The third kappa shape index (κ3) is 5.40. The first-order chi connectivity index (χ1) is 10.2. The molecule has 5 heteroatoms. The van der Waals surface area contributed by atoms with E-state index in [1.165, 1.54) is 58.2 Å². The molecule has 0 amide bonds. The number of unbranched alkanes of at least 4 members (excludes halogenated alkanes) is 3. The molecule has 0 spiro atoms. The van der Waals surface area contributed by atoms with Gasteiger partial charge < -0.3 is 10.0 Å². The molecule has 1 aliphatic rings. The number of hydrogen-bond donors (Lipinski definition) is 1. The molecule has 0 unspecified atom stereocenters. The molecule has 1 N–H and O–H groups in total. The number of hydrogen-bond acceptors (Lipinski definition) is 4. The molecule has 1 atom stereocenters. The van der Waals surface area contributed by atoms with Gasteiger partial charge in [0.25, 0.3) is 0 Å². The van der Waals surface area contributed by atoms with Crippen LogP contribution in [0.1, 0.15) is 64.2 Å². The lowest BCUT2D eigenvalue weighted by atomic mass is 9.96. The molecule has 0 aliphatic carbocycles. The summed E-state index contributed by atoms with van der Waals surface area (Å²) in [4.78, 5) is 2.61. The van der Waals surface area contributed by atoms with Crippen molar-refractivity contribution >= 4 is 0 Å². The highest BCUT2D eigenvalue weighted by atomic mass is 16.3. The Morgan fingerprint density at radius 3 is 2.67 bits per heavy atom. The van der Waals surface area contributed by atoms with E-state index >= 15 is 0 Å². The molecule has 5 nitrogen and oxygen atoms in total. The second-order valence-corrected chi connectivity index (χ2v) is 6.39. The first-order valence-electron chi connectivity index (χ1n) is 8.49. The number of likely N-dealkylation sites (tertiary alicyclic amines) is 1. The van der Waals surface area contributed by atoms with Crippen LogP contribution in [-0.2, 0) is 6.54 Å². The third-order valence-corrected chi connectivity index (χ3v) is 4.46. The summed E-state index contributed by atoms with van der Waals surface area (Å²) in [5, 5.41) is 17.6. The second-order valence-electron chi connectivity index (χ2n) is 6.39. The molecule has 1 aliphatic heterocycles. The van der Waals surface area contributed by atoms with Gasteiger partial charge in [0.1, 0.15) is 5.69 Å². The third-order valence-electron chi connectivity index (χ3n) is 4.46. The maximum absolute atomic E-state index is 9.48. The minimum Gasteiger partial charge on any atom is -0.387 e. The lowest BCUT2D eigenvalue weighted by molar-refractivity contribution is 0.168. The van der Waals surface area contributed by atoms with Gasteiger partial charge in [-0.05, 0) is 51.7 Å². The fourth-order valence-electron chi connectivity index (χ4n) is 3.01. The van der Waals surface area contributed by atoms with Gasteiger partial charge in [-0.15, -0.1) is 5.10 Å². The topological polar surface area (TPSA) is 54.2 Å². The monoisotopic (exact) mass is 294 g/mol. The summed E-state index contributed by atoms with van der Waals surface area (Å²) in [5.41, 5.74) is 0.670. The molecule has 2 heterocycles. The van der Waals surface area contributed by atoms with Crippen LogP contribution in [0, 0.1) is 5.92 Å². The Labute approximate surface area is 128 Å². The fourth-order valence-corrected chi connectivity index (χ4v) is 3.01. The number of aromatic nitrogens is 3. The van der Waals surface area contributed by atoms with Gasteiger partial charge in [-0.1, -0.05) is 31.4 Å². The van der Waals surface area contributed by atoms with Crippen LogP contribution >= 0.6 is 0 Å². The van der Waals surface area contributed by atoms with E-state index in [-0.39, 0.29) is 0 Å². The summed E-state index contributed by atoms with van der Waals surface area (Å²) in [6.45, 7) is 8.62. The van der Waals surface area contributed by atoms with E-state index in [4.69, 9.17) is 0 Å². The summed E-state index contributed by atoms with van der Waals surface area (Å²) in [5.74, 6) is 0.695. The van der Waals surface area contributed by atoms with E-state index in [0.29, 0.717) is 11.6 Å². The number of aliphatic hydroxyl groups excluding tert-OH is 1. The van der Waals surface area contributed by atoms with Gasteiger partial charge in [0.15, 0.2) is 0 Å². The minimum absolute atomic E-state index is 0.524. The zero-order valence-corrected chi connectivity index (χ0v) is 13.5. The molecule has 1 aromatic heterocycles. The van der Waals surface area contributed by atoms with Gasteiger partial charge in [-0.25, -0.2) is 0 Å². The summed E-state index contributed by atoms with van der Waals surface area (Å²) < 4.78 is 1.89. The van der Waals surface area contributed by atoms with Crippen LogP contribution in [0.3, 0.4) is 0 Å². The quantitative estimate of drug-likeness (QED) is 0.749. The molecular formula is C16H30N4O. The molecular weight excluding hydrogens is 264 g/mol. The Morgan fingerprint density at radius 2 is 2.05 bits per heavy atom. The summed E-state index contributed by atoms with van der Waals surface area (Å²) in [6, 6.07) is 0. The van der Waals surface area contributed by atoms with Crippen LogP contribution in [0.25, 0.3) is 0 Å². The van der Waals surface area contributed by atoms with Crippen molar-refractivity contribution in [1.82, 2.24) is 19.9 Å². The van der Waals surface area contributed by atoms with Crippen molar-refractivity contribution in [1.29, 1.82) is 0 Å². The highest BCUT2D eigenvalue weighted by molar-refractivity contribution is 4.95. The first kappa shape index (κ1) is 16.4. The largest absolute Gasteiger partial charge is 0.387 e. The maximum atomic E-state index is 9.48. The Kier molecular flexibility index (Phi) is 6.64. The molecule has 0 aromatic carbocycles. The van der Waals surface area contributed by atoms with E-state index in [1.807, 2.05) is 10.9 Å². The van der Waals surface area contributed by atoms with Crippen molar-refractivity contribution in [3.05, 3.63) is 11.9 Å². The average molecular weight is 294 g/mol. The fraction of sp³-hybridized carbons (Fsp3) is 0.875. The van der Waals surface area contributed by atoms with Gasteiger partial charge in [0.05, 0.1) is 12.3 Å². The predicted octanol–water partition coefficient (Wildman–Crippen LogP) is 2.62.